The molecule has 2 heterocycles. The minimum Gasteiger partial charge on any atom is -0.401 e. The minimum atomic E-state index is 0. The average molecular weight is 390 g/mol. The topological polar surface area (TPSA) is 29.0 Å². The number of anilines is 1. The number of hydrogen-bond acceptors (Lipinski definition) is 3. The van der Waals surface area contributed by atoms with E-state index in [9.17, 15) is 0 Å². The molecule has 0 saturated carbocycles. The van der Waals surface area contributed by atoms with E-state index in [-0.39, 0.29) is 20.1 Å². The molecule has 0 bridgehead atoms. The van der Waals surface area contributed by atoms with E-state index in [0.29, 0.717) is 0 Å². The normalized spacial score (nSPS) is 9.38. The molecule has 85 valence electrons. The van der Waals surface area contributed by atoms with Crippen molar-refractivity contribution in [2.24, 2.45) is 0 Å². The summed E-state index contributed by atoms with van der Waals surface area (Å²) in [6.45, 7) is 0. The van der Waals surface area contributed by atoms with Crippen LogP contribution in [0, 0.1) is 6.07 Å². The molecule has 2 aromatic heterocycles. The molecule has 2 rings (SSSR count). The Morgan fingerprint density at radius 2 is 2.00 bits per heavy atom. The fraction of sp³-hybridized carbons (Fsp3) is 0.167. The predicted molar refractivity (Wildman–Crippen MR) is 60.6 cm³/mol. The first kappa shape index (κ1) is 12.8. The molecule has 0 aliphatic carbocycles. The second kappa shape index (κ2) is 5.73. The van der Waals surface area contributed by atoms with E-state index in [4.69, 9.17) is 0 Å². The van der Waals surface area contributed by atoms with Gasteiger partial charge in [-0.2, -0.15) is 0 Å². The van der Waals surface area contributed by atoms with Crippen LogP contribution in [0.25, 0.3) is 11.3 Å². The first-order chi connectivity index (χ1) is 7.27. The third kappa shape index (κ3) is 2.87. The summed E-state index contributed by atoms with van der Waals surface area (Å²) in [7, 11) is 3.91. The van der Waals surface area contributed by atoms with Crippen molar-refractivity contribution >= 4 is 5.82 Å². The van der Waals surface area contributed by atoms with Gasteiger partial charge >= 0.3 is 0 Å². The SMILES string of the molecule is CN(C)c1c[c-]c(-c2ccccn2)cn1.[Ir]. The molecule has 0 aliphatic rings. The second-order valence-corrected chi connectivity index (χ2v) is 3.43. The van der Waals surface area contributed by atoms with E-state index >= 15 is 0 Å². The van der Waals surface area contributed by atoms with Gasteiger partial charge in [0.15, 0.2) is 0 Å². The van der Waals surface area contributed by atoms with Gasteiger partial charge in [-0.3, -0.25) is 0 Å². The van der Waals surface area contributed by atoms with E-state index in [2.05, 4.69) is 16.0 Å². The number of nitrogens with zero attached hydrogens (tertiary/aromatic N) is 3. The zero-order valence-electron chi connectivity index (χ0n) is 9.14. The Kier molecular flexibility index (Phi) is 4.59. The van der Waals surface area contributed by atoms with E-state index in [1.165, 1.54) is 0 Å². The van der Waals surface area contributed by atoms with Gasteiger partial charge in [0.2, 0.25) is 0 Å². The van der Waals surface area contributed by atoms with Crippen molar-refractivity contribution in [3.63, 3.8) is 0 Å². The summed E-state index contributed by atoms with van der Waals surface area (Å²) >= 11 is 0. The smallest absolute Gasteiger partial charge is 0.0428 e. The summed E-state index contributed by atoms with van der Waals surface area (Å²) in [5, 5.41) is 0. The van der Waals surface area contributed by atoms with Crippen LogP contribution < -0.4 is 4.90 Å². The molecule has 0 N–H and O–H groups in total. The van der Waals surface area contributed by atoms with Crippen LogP contribution in [0.1, 0.15) is 0 Å². The molecule has 0 unspecified atom stereocenters. The van der Waals surface area contributed by atoms with E-state index in [1.807, 2.05) is 43.3 Å². The van der Waals surface area contributed by atoms with Gasteiger partial charge in [-0.15, -0.1) is 17.7 Å². The number of aromatic nitrogens is 2. The van der Waals surface area contributed by atoms with Gasteiger partial charge in [0.05, 0.1) is 0 Å². The molecular formula is C12H12IrN3-. The molecule has 0 spiro atoms. The molecule has 2 aromatic rings. The molecule has 0 aliphatic heterocycles. The van der Waals surface area contributed by atoms with Gasteiger partial charge in [-0.05, 0) is 25.9 Å². The van der Waals surface area contributed by atoms with E-state index < -0.39 is 0 Å². The summed E-state index contributed by atoms with van der Waals surface area (Å²) in [5.74, 6) is 0.898. The molecule has 0 atom stereocenters. The first-order valence-electron chi connectivity index (χ1n) is 4.74. The molecule has 1 radical (unpaired) electrons. The maximum atomic E-state index is 4.31. The molecule has 0 fully saturated rings. The van der Waals surface area contributed by atoms with Gasteiger partial charge in [-0.1, -0.05) is 18.3 Å². The second-order valence-electron chi connectivity index (χ2n) is 3.43. The number of rotatable bonds is 2. The fourth-order valence-corrected chi connectivity index (χ4v) is 1.25. The quantitative estimate of drug-likeness (QED) is 0.735. The summed E-state index contributed by atoms with van der Waals surface area (Å²) in [6.07, 6.45) is 3.56. The van der Waals surface area contributed by atoms with Crippen LogP contribution >= 0.6 is 0 Å². The minimum absolute atomic E-state index is 0. The van der Waals surface area contributed by atoms with Crippen molar-refractivity contribution in [2.45, 2.75) is 0 Å². The Hall–Kier alpha value is -1.25. The summed E-state index contributed by atoms with van der Waals surface area (Å²) in [5.41, 5.74) is 1.82. The van der Waals surface area contributed by atoms with Crippen molar-refractivity contribution < 1.29 is 20.1 Å². The van der Waals surface area contributed by atoms with Crippen molar-refractivity contribution in [3.8, 4) is 11.3 Å². The Balaban J connectivity index is 0.00000128. The number of hydrogen-bond donors (Lipinski definition) is 0. The average Bonchev–Trinajstić information content (AvgIpc) is 2.30. The molecule has 0 amide bonds. The predicted octanol–water partition coefficient (Wildman–Crippen LogP) is 2.01. The fourth-order valence-electron chi connectivity index (χ4n) is 1.25. The van der Waals surface area contributed by atoms with Gasteiger partial charge in [0.1, 0.15) is 0 Å². The van der Waals surface area contributed by atoms with Crippen LogP contribution in [0.2, 0.25) is 0 Å². The van der Waals surface area contributed by atoms with Crippen LogP contribution in [0.15, 0.2) is 36.7 Å². The van der Waals surface area contributed by atoms with Gasteiger partial charge in [0, 0.05) is 32.1 Å². The Bertz CT molecular complexity index is 426. The van der Waals surface area contributed by atoms with E-state index in [0.717, 1.165) is 17.1 Å². The first-order valence-corrected chi connectivity index (χ1v) is 4.74. The van der Waals surface area contributed by atoms with Crippen LogP contribution in [0.3, 0.4) is 0 Å². The van der Waals surface area contributed by atoms with Crippen molar-refractivity contribution in [1.82, 2.24) is 9.97 Å². The van der Waals surface area contributed by atoms with Crippen LogP contribution in [-0.2, 0) is 20.1 Å². The third-order valence-corrected chi connectivity index (χ3v) is 2.08. The van der Waals surface area contributed by atoms with Crippen LogP contribution in [0.5, 0.6) is 0 Å². The van der Waals surface area contributed by atoms with Crippen LogP contribution in [0.4, 0.5) is 5.82 Å². The van der Waals surface area contributed by atoms with Crippen molar-refractivity contribution in [2.75, 3.05) is 19.0 Å². The summed E-state index contributed by atoms with van der Waals surface area (Å²) < 4.78 is 0. The molecule has 0 saturated heterocycles. The third-order valence-electron chi connectivity index (χ3n) is 2.08. The molecule has 4 heteroatoms. The monoisotopic (exact) mass is 391 g/mol. The summed E-state index contributed by atoms with van der Waals surface area (Å²) in [6, 6.07) is 10.8. The maximum Gasteiger partial charge on any atom is 0.0428 e. The van der Waals surface area contributed by atoms with Crippen molar-refractivity contribution in [1.29, 1.82) is 0 Å². The Labute approximate surface area is 109 Å². The van der Waals surface area contributed by atoms with Gasteiger partial charge < -0.3 is 14.9 Å². The Morgan fingerprint density at radius 3 is 2.50 bits per heavy atom. The van der Waals surface area contributed by atoms with Gasteiger partial charge in [-0.25, -0.2) is 0 Å². The Morgan fingerprint density at radius 1 is 1.19 bits per heavy atom. The standard InChI is InChI=1S/C12H12N3.Ir/c1-15(2)12-7-6-10(9-14-12)11-5-3-4-8-13-11;/h3-5,7-9H,1-2H3;/q-1;. The molecular weight excluding hydrogens is 378 g/mol. The zero-order chi connectivity index (χ0) is 10.7. The van der Waals surface area contributed by atoms with Crippen LogP contribution in [-0.4, -0.2) is 24.1 Å². The molecule has 0 aromatic carbocycles. The zero-order valence-corrected chi connectivity index (χ0v) is 11.5. The van der Waals surface area contributed by atoms with Crippen molar-refractivity contribution in [3.05, 3.63) is 42.7 Å². The molecule has 3 nitrogen and oxygen atoms in total. The largest absolute Gasteiger partial charge is 0.401 e. The molecule has 16 heavy (non-hydrogen) atoms. The number of pyridine rings is 2. The van der Waals surface area contributed by atoms with E-state index in [1.54, 1.807) is 12.4 Å². The van der Waals surface area contributed by atoms with Gasteiger partial charge in [0.25, 0.3) is 0 Å². The maximum absolute atomic E-state index is 4.31. The summed E-state index contributed by atoms with van der Waals surface area (Å²) in [4.78, 5) is 10.5.